The Labute approximate surface area is 316 Å². The number of benzene rings is 8. The molecule has 0 fully saturated rings. The van der Waals surface area contributed by atoms with Crippen molar-refractivity contribution < 1.29 is 0 Å². The van der Waals surface area contributed by atoms with Crippen LogP contribution in [-0.2, 0) is 0 Å². The summed E-state index contributed by atoms with van der Waals surface area (Å²) in [4.78, 5) is 17.6. The minimum Gasteiger partial charge on any atom is -0.309 e. The van der Waals surface area contributed by atoms with Crippen molar-refractivity contribution in [2.75, 3.05) is 0 Å². The lowest BCUT2D eigenvalue weighted by molar-refractivity contribution is 1.08. The highest BCUT2D eigenvalue weighted by Crippen LogP contribution is 2.50. The quantitative estimate of drug-likeness (QED) is 0.179. The standard InChI is InChI=1S/C49H30N4S/c1-4-13-31(14-5-1)34-23-25-37-36-19-10-11-22-42(36)53(43(37)29-34)35-24-27-44-41(30-35)39-21-12-20-38-40(26-28-45(54-44)46(38)39)49-51-47(32-15-6-2-7-16-32)50-48(52-49)33-17-8-3-9-18-33/h1-30H. The van der Waals surface area contributed by atoms with Crippen LogP contribution < -0.4 is 0 Å². The van der Waals surface area contributed by atoms with E-state index in [1.165, 1.54) is 59.2 Å². The maximum Gasteiger partial charge on any atom is 0.164 e. The van der Waals surface area contributed by atoms with Crippen LogP contribution in [0.2, 0.25) is 0 Å². The topological polar surface area (TPSA) is 43.6 Å². The fourth-order valence-electron chi connectivity index (χ4n) is 7.94. The Balaban J connectivity index is 1.10. The molecule has 252 valence electrons. The molecular formula is C49H30N4S. The molecule has 0 amide bonds. The first-order valence-electron chi connectivity index (χ1n) is 18.1. The summed E-state index contributed by atoms with van der Waals surface area (Å²) in [5.41, 5.74) is 11.3. The van der Waals surface area contributed by atoms with Crippen LogP contribution in [0, 0.1) is 0 Å². The van der Waals surface area contributed by atoms with Gasteiger partial charge in [-0.1, -0.05) is 151 Å². The molecule has 1 aliphatic heterocycles. The van der Waals surface area contributed by atoms with E-state index in [4.69, 9.17) is 15.0 Å². The SMILES string of the molecule is c1ccc(-c2ccc3c4ccccc4n(-c4ccc5c(c4)-c4cccc6c(-c7nc(-c8ccccc8)nc(-c8ccccc8)n7)ccc(c46)S5)c3c2)cc1. The van der Waals surface area contributed by atoms with Crippen molar-refractivity contribution in [3.8, 4) is 62.1 Å². The van der Waals surface area contributed by atoms with Gasteiger partial charge in [-0.05, 0) is 70.1 Å². The summed E-state index contributed by atoms with van der Waals surface area (Å²) in [6.07, 6.45) is 0. The fourth-order valence-corrected chi connectivity index (χ4v) is 9.05. The van der Waals surface area contributed by atoms with Gasteiger partial charge >= 0.3 is 0 Å². The zero-order valence-electron chi connectivity index (χ0n) is 29.0. The molecule has 10 aromatic rings. The third-order valence-corrected chi connectivity index (χ3v) is 11.6. The molecule has 3 heterocycles. The molecule has 0 atom stereocenters. The summed E-state index contributed by atoms with van der Waals surface area (Å²) in [7, 11) is 0. The minimum atomic E-state index is 0.658. The molecule has 8 aromatic carbocycles. The molecule has 0 N–H and O–H groups in total. The smallest absolute Gasteiger partial charge is 0.164 e. The predicted molar refractivity (Wildman–Crippen MR) is 223 cm³/mol. The van der Waals surface area contributed by atoms with E-state index < -0.39 is 0 Å². The Kier molecular flexibility index (Phi) is 7.07. The summed E-state index contributed by atoms with van der Waals surface area (Å²) in [5, 5.41) is 4.85. The molecule has 0 saturated carbocycles. The highest BCUT2D eigenvalue weighted by Gasteiger charge is 2.24. The van der Waals surface area contributed by atoms with Crippen molar-refractivity contribution in [2.45, 2.75) is 9.79 Å². The number of nitrogens with zero attached hydrogens (tertiary/aromatic N) is 4. The van der Waals surface area contributed by atoms with Gasteiger partial charge in [-0.25, -0.2) is 15.0 Å². The van der Waals surface area contributed by atoms with Crippen LogP contribution in [0.4, 0.5) is 0 Å². The number of para-hydroxylation sites is 1. The predicted octanol–water partition coefficient (Wildman–Crippen LogP) is 12.9. The van der Waals surface area contributed by atoms with Gasteiger partial charge in [-0.2, -0.15) is 0 Å². The molecule has 0 bridgehead atoms. The van der Waals surface area contributed by atoms with Gasteiger partial charge in [0.1, 0.15) is 0 Å². The molecule has 11 rings (SSSR count). The summed E-state index contributed by atoms with van der Waals surface area (Å²) < 4.78 is 2.43. The Morgan fingerprint density at radius 3 is 1.70 bits per heavy atom. The minimum absolute atomic E-state index is 0.658. The molecule has 54 heavy (non-hydrogen) atoms. The molecule has 1 aliphatic rings. The lowest BCUT2D eigenvalue weighted by atomic mass is 9.94. The molecule has 4 nitrogen and oxygen atoms in total. The van der Waals surface area contributed by atoms with Gasteiger partial charge in [0.2, 0.25) is 0 Å². The first-order valence-corrected chi connectivity index (χ1v) is 18.9. The number of fused-ring (bicyclic) bond motifs is 5. The van der Waals surface area contributed by atoms with Crippen molar-refractivity contribution >= 4 is 44.3 Å². The normalized spacial score (nSPS) is 12.0. The second-order valence-electron chi connectivity index (χ2n) is 13.6. The number of rotatable bonds is 5. The molecular weight excluding hydrogens is 677 g/mol. The van der Waals surface area contributed by atoms with Gasteiger partial charge in [0.05, 0.1) is 11.0 Å². The first kappa shape index (κ1) is 30.8. The highest BCUT2D eigenvalue weighted by molar-refractivity contribution is 7.99. The van der Waals surface area contributed by atoms with Gasteiger partial charge in [0.15, 0.2) is 17.5 Å². The van der Waals surface area contributed by atoms with Crippen molar-refractivity contribution in [3.63, 3.8) is 0 Å². The molecule has 2 aromatic heterocycles. The maximum absolute atomic E-state index is 5.10. The highest BCUT2D eigenvalue weighted by atomic mass is 32.2. The molecule has 0 saturated heterocycles. The van der Waals surface area contributed by atoms with E-state index in [1.54, 1.807) is 0 Å². The average molecular weight is 707 g/mol. The van der Waals surface area contributed by atoms with Crippen LogP contribution >= 0.6 is 11.8 Å². The van der Waals surface area contributed by atoms with Crippen LogP contribution in [-0.4, -0.2) is 19.5 Å². The Hall–Kier alpha value is -6.82. The molecule has 0 spiro atoms. The van der Waals surface area contributed by atoms with Crippen LogP contribution in [0.25, 0.3) is 94.7 Å². The molecule has 0 unspecified atom stereocenters. The van der Waals surface area contributed by atoms with Crippen LogP contribution in [0.3, 0.4) is 0 Å². The summed E-state index contributed by atoms with van der Waals surface area (Å²) in [5.74, 6) is 1.98. The molecule has 5 heteroatoms. The number of hydrogen-bond acceptors (Lipinski definition) is 4. The third kappa shape index (κ3) is 4.97. The van der Waals surface area contributed by atoms with E-state index in [-0.39, 0.29) is 0 Å². The zero-order valence-corrected chi connectivity index (χ0v) is 29.8. The van der Waals surface area contributed by atoms with E-state index in [9.17, 15) is 0 Å². The summed E-state index contributed by atoms with van der Waals surface area (Å²) in [6, 6.07) is 64.5. The van der Waals surface area contributed by atoms with Crippen molar-refractivity contribution in [2.24, 2.45) is 0 Å². The van der Waals surface area contributed by atoms with Gasteiger partial charge in [-0.3, -0.25) is 0 Å². The fraction of sp³-hybridized carbons (Fsp3) is 0. The van der Waals surface area contributed by atoms with Gasteiger partial charge in [0.25, 0.3) is 0 Å². The third-order valence-electron chi connectivity index (χ3n) is 10.5. The van der Waals surface area contributed by atoms with Crippen molar-refractivity contribution in [1.29, 1.82) is 0 Å². The second kappa shape index (κ2) is 12.4. The number of hydrogen-bond donors (Lipinski definition) is 0. The van der Waals surface area contributed by atoms with Crippen molar-refractivity contribution in [1.82, 2.24) is 19.5 Å². The molecule has 0 aliphatic carbocycles. The van der Waals surface area contributed by atoms with E-state index in [0.717, 1.165) is 27.8 Å². The van der Waals surface area contributed by atoms with E-state index in [1.807, 2.05) is 48.2 Å². The van der Waals surface area contributed by atoms with Crippen LogP contribution in [0.15, 0.2) is 192 Å². The van der Waals surface area contributed by atoms with Crippen LogP contribution in [0.5, 0.6) is 0 Å². The van der Waals surface area contributed by atoms with Gasteiger partial charge in [-0.15, -0.1) is 0 Å². The zero-order chi connectivity index (χ0) is 35.6. The van der Waals surface area contributed by atoms with E-state index in [0.29, 0.717) is 17.5 Å². The monoisotopic (exact) mass is 706 g/mol. The van der Waals surface area contributed by atoms with Gasteiger partial charge in [0, 0.05) is 48.3 Å². The lowest BCUT2D eigenvalue weighted by Crippen LogP contribution is -2.02. The maximum atomic E-state index is 5.10. The van der Waals surface area contributed by atoms with E-state index >= 15 is 0 Å². The van der Waals surface area contributed by atoms with E-state index in [2.05, 4.69) is 150 Å². The largest absolute Gasteiger partial charge is 0.309 e. The Bertz CT molecular complexity index is 3010. The Morgan fingerprint density at radius 2 is 0.963 bits per heavy atom. The molecule has 0 radical (unpaired) electrons. The second-order valence-corrected chi connectivity index (χ2v) is 14.7. The lowest BCUT2D eigenvalue weighted by Gasteiger charge is -2.23. The first-order chi connectivity index (χ1) is 26.8. The van der Waals surface area contributed by atoms with Crippen LogP contribution in [0.1, 0.15) is 0 Å². The Morgan fingerprint density at radius 1 is 0.352 bits per heavy atom. The van der Waals surface area contributed by atoms with Crippen molar-refractivity contribution in [3.05, 3.63) is 182 Å². The number of aromatic nitrogens is 4. The summed E-state index contributed by atoms with van der Waals surface area (Å²) in [6.45, 7) is 0. The van der Waals surface area contributed by atoms with Gasteiger partial charge < -0.3 is 4.57 Å². The average Bonchev–Trinajstić information content (AvgIpc) is 3.58. The summed E-state index contributed by atoms with van der Waals surface area (Å²) >= 11 is 1.83.